The summed E-state index contributed by atoms with van der Waals surface area (Å²) in [6, 6.07) is 3.41. The Balaban J connectivity index is 2.16. The topological polar surface area (TPSA) is 58.4 Å². The third kappa shape index (κ3) is 3.35. The number of benzene rings is 1. The minimum atomic E-state index is -0.362. The van der Waals surface area contributed by atoms with Gasteiger partial charge in [0.2, 0.25) is 5.91 Å². The van der Waals surface area contributed by atoms with Crippen LogP contribution in [0.5, 0.6) is 0 Å². The number of hydrogen-bond acceptors (Lipinski definition) is 3. The van der Waals surface area contributed by atoms with E-state index in [2.05, 4.69) is 21.2 Å². The van der Waals surface area contributed by atoms with Crippen molar-refractivity contribution >= 4 is 44.7 Å². The number of rotatable bonds is 3. The molecule has 1 aromatic rings. The highest BCUT2D eigenvalue weighted by Crippen LogP contribution is 2.32. The van der Waals surface area contributed by atoms with Gasteiger partial charge in [0.15, 0.2) is 5.82 Å². The van der Waals surface area contributed by atoms with Crippen molar-refractivity contribution < 1.29 is 9.18 Å². The van der Waals surface area contributed by atoms with E-state index in [1.54, 1.807) is 19.2 Å². The van der Waals surface area contributed by atoms with Crippen molar-refractivity contribution in [3.63, 3.8) is 0 Å². The highest BCUT2D eigenvalue weighted by Gasteiger charge is 2.26. The first kappa shape index (κ1) is 16.2. The highest BCUT2D eigenvalue weighted by atomic mass is 79.9. The van der Waals surface area contributed by atoms with Crippen LogP contribution in [0, 0.1) is 11.7 Å². The molecule has 1 aliphatic heterocycles. The number of amides is 1. The maximum Gasteiger partial charge on any atom is 0.222 e. The molecule has 1 fully saturated rings. The van der Waals surface area contributed by atoms with Crippen LogP contribution in [0.3, 0.4) is 0 Å². The Bertz CT molecular complexity index is 574. The maximum absolute atomic E-state index is 14.4. The lowest BCUT2D eigenvalue weighted by atomic mass is 9.95. The van der Waals surface area contributed by atoms with E-state index >= 15 is 0 Å². The van der Waals surface area contributed by atoms with Crippen molar-refractivity contribution in [2.75, 3.05) is 25.0 Å². The van der Waals surface area contributed by atoms with Crippen molar-refractivity contribution in [2.45, 2.75) is 12.8 Å². The van der Waals surface area contributed by atoms with E-state index in [4.69, 9.17) is 18.0 Å². The lowest BCUT2D eigenvalue weighted by molar-refractivity contribution is -0.125. The van der Waals surface area contributed by atoms with Gasteiger partial charge in [-0.15, -0.1) is 0 Å². The Morgan fingerprint density at radius 3 is 2.62 bits per heavy atom. The van der Waals surface area contributed by atoms with Gasteiger partial charge < -0.3 is 16.0 Å². The summed E-state index contributed by atoms with van der Waals surface area (Å²) in [6.45, 7) is 1.29. The van der Waals surface area contributed by atoms with Gasteiger partial charge in [-0.25, -0.2) is 4.39 Å². The number of nitrogens with one attached hydrogen (secondary N) is 1. The number of nitrogens with two attached hydrogens (primary N) is 1. The summed E-state index contributed by atoms with van der Waals surface area (Å²) in [5, 5.41) is 2.66. The second kappa shape index (κ2) is 6.70. The summed E-state index contributed by atoms with van der Waals surface area (Å²) in [5.74, 6) is -0.299. The number of carbonyl (C=O) groups is 1. The fraction of sp³-hybridized carbons (Fsp3) is 0.429. The molecular formula is C14H17BrFN3OS. The fourth-order valence-corrected chi connectivity index (χ4v) is 3.41. The summed E-state index contributed by atoms with van der Waals surface area (Å²) in [5.41, 5.74) is 6.56. The van der Waals surface area contributed by atoms with Gasteiger partial charge in [-0.05, 0) is 40.9 Å². The minimum absolute atomic E-state index is 0.00800. The number of halogens is 2. The molecule has 0 aliphatic carbocycles. The summed E-state index contributed by atoms with van der Waals surface area (Å²) in [4.78, 5) is 13.7. The molecule has 1 saturated heterocycles. The lowest BCUT2D eigenvalue weighted by Gasteiger charge is -2.33. The predicted octanol–water partition coefficient (Wildman–Crippen LogP) is 2.18. The molecule has 0 bridgehead atoms. The highest BCUT2D eigenvalue weighted by molar-refractivity contribution is 9.10. The second-order valence-electron chi connectivity index (χ2n) is 5.00. The molecule has 0 saturated carbocycles. The number of thiocarbonyl (C=S) groups is 1. The Morgan fingerprint density at radius 2 is 2.10 bits per heavy atom. The van der Waals surface area contributed by atoms with Crippen LogP contribution >= 0.6 is 28.1 Å². The molecule has 0 unspecified atom stereocenters. The number of hydrogen-bond donors (Lipinski definition) is 2. The summed E-state index contributed by atoms with van der Waals surface area (Å²) in [6.07, 6.45) is 1.43. The number of piperidine rings is 1. The van der Waals surface area contributed by atoms with E-state index in [1.165, 1.54) is 0 Å². The van der Waals surface area contributed by atoms with Crippen LogP contribution in [0.1, 0.15) is 18.4 Å². The van der Waals surface area contributed by atoms with Gasteiger partial charge >= 0.3 is 0 Å². The van der Waals surface area contributed by atoms with Crippen LogP contribution in [0.25, 0.3) is 0 Å². The van der Waals surface area contributed by atoms with Crippen LogP contribution < -0.4 is 16.0 Å². The molecule has 114 valence electrons. The summed E-state index contributed by atoms with van der Waals surface area (Å²) >= 11 is 8.10. The van der Waals surface area contributed by atoms with E-state index < -0.39 is 0 Å². The molecule has 0 aromatic heterocycles. The van der Waals surface area contributed by atoms with Crippen LogP contribution in [0.15, 0.2) is 16.6 Å². The molecule has 2 rings (SSSR count). The van der Waals surface area contributed by atoms with Crippen LogP contribution in [-0.4, -0.2) is 31.0 Å². The van der Waals surface area contributed by atoms with Crippen LogP contribution in [0.2, 0.25) is 0 Å². The van der Waals surface area contributed by atoms with E-state index in [9.17, 15) is 9.18 Å². The van der Waals surface area contributed by atoms with Crippen LogP contribution in [-0.2, 0) is 4.79 Å². The molecule has 0 radical (unpaired) electrons. The van der Waals surface area contributed by atoms with Gasteiger partial charge in [-0.1, -0.05) is 12.2 Å². The Morgan fingerprint density at radius 1 is 1.48 bits per heavy atom. The average Bonchev–Trinajstić information content (AvgIpc) is 2.49. The molecule has 0 spiro atoms. The Hall–Kier alpha value is -1.21. The Labute approximate surface area is 137 Å². The number of carbonyl (C=O) groups excluding carboxylic acids is 1. The van der Waals surface area contributed by atoms with Gasteiger partial charge in [0.1, 0.15) is 4.99 Å². The standard InChI is InChI=1S/C14H17BrFN3OS/c1-18-14(20)8-4-6-19(7-5-8)10-3-2-9(13(17)21)11(15)12(10)16/h2-3,8H,4-7H2,1H3,(H2,17,21)(H,18,20). The molecule has 7 heteroatoms. The maximum atomic E-state index is 14.4. The first-order valence-electron chi connectivity index (χ1n) is 6.70. The SMILES string of the molecule is CNC(=O)C1CCN(c2ccc(C(N)=S)c(Br)c2F)CC1. The molecular weight excluding hydrogens is 357 g/mol. The van der Waals surface area contributed by atoms with Crippen molar-refractivity contribution in [3.05, 3.63) is 28.0 Å². The quantitative estimate of drug-likeness (QED) is 0.797. The van der Waals surface area contributed by atoms with Crippen molar-refractivity contribution in [2.24, 2.45) is 11.7 Å². The molecule has 1 aromatic carbocycles. The molecule has 1 aliphatic rings. The smallest absolute Gasteiger partial charge is 0.222 e. The zero-order valence-electron chi connectivity index (χ0n) is 11.7. The third-order valence-corrected chi connectivity index (χ3v) is 4.78. The van der Waals surface area contributed by atoms with Crippen molar-refractivity contribution in [3.8, 4) is 0 Å². The fourth-order valence-electron chi connectivity index (χ4n) is 2.56. The normalized spacial score (nSPS) is 15.9. The zero-order chi connectivity index (χ0) is 15.6. The number of nitrogens with zero attached hydrogens (tertiary/aromatic N) is 1. The first-order valence-corrected chi connectivity index (χ1v) is 7.90. The van der Waals surface area contributed by atoms with Crippen molar-refractivity contribution in [1.29, 1.82) is 0 Å². The number of anilines is 1. The largest absolute Gasteiger partial charge is 0.389 e. The van der Waals surface area contributed by atoms with Gasteiger partial charge in [0, 0.05) is 31.6 Å². The van der Waals surface area contributed by atoms with Crippen LogP contribution in [0.4, 0.5) is 10.1 Å². The summed E-state index contributed by atoms with van der Waals surface area (Å²) < 4.78 is 14.7. The molecule has 21 heavy (non-hydrogen) atoms. The van der Waals surface area contributed by atoms with Gasteiger partial charge in [0.05, 0.1) is 10.2 Å². The summed E-state index contributed by atoms with van der Waals surface area (Å²) in [7, 11) is 1.64. The molecule has 1 heterocycles. The predicted molar refractivity (Wildman–Crippen MR) is 89.0 cm³/mol. The Kier molecular flexibility index (Phi) is 5.16. The van der Waals surface area contributed by atoms with Gasteiger partial charge in [-0.2, -0.15) is 0 Å². The average molecular weight is 374 g/mol. The van der Waals surface area contributed by atoms with Crippen molar-refractivity contribution in [1.82, 2.24) is 5.32 Å². The molecule has 3 N–H and O–H groups in total. The van der Waals surface area contributed by atoms with Gasteiger partial charge in [0.25, 0.3) is 0 Å². The minimum Gasteiger partial charge on any atom is -0.389 e. The molecule has 0 atom stereocenters. The zero-order valence-corrected chi connectivity index (χ0v) is 14.1. The third-order valence-electron chi connectivity index (χ3n) is 3.78. The molecule has 1 amide bonds. The monoisotopic (exact) mass is 373 g/mol. The van der Waals surface area contributed by atoms with E-state index in [-0.39, 0.29) is 22.6 Å². The molecule has 4 nitrogen and oxygen atoms in total. The second-order valence-corrected chi connectivity index (χ2v) is 6.23. The first-order chi connectivity index (χ1) is 9.95. The lowest BCUT2D eigenvalue weighted by Crippen LogP contribution is -2.40. The van der Waals surface area contributed by atoms with Gasteiger partial charge in [-0.3, -0.25) is 4.79 Å². The van der Waals surface area contributed by atoms with E-state index in [0.29, 0.717) is 41.7 Å². The van der Waals surface area contributed by atoms with E-state index in [0.717, 1.165) is 0 Å². The van der Waals surface area contributed by atoms with E-state index in [1.807, 2.05) is 4.90 Å².